The number of hydrogen-bond acceptors (Lipinski definition) is 7. The summed E-state index contributed by atoms with van der Waals surface area (Å²) in [5.74, 6) is 1.32. The first kappa shape index (κ1) is 21.8. The molecule has 3 unspecified atom stereocenters. The standard InChI is InChI=1S/C19H31F2N3O3S/c1-13(22-3)18(25)26-11-19(2)10-24(12-27-19)14-8-15(20)17(16(21)9-14)23-4-6-28-7-5-23/h8,13,16,18,22,25H,4-7,9-12H2,1-3H3/t13-,16?,18?,19?/m1/s1. The molecular weight excluding hydrogens is 388 g/mol. The Morgan fingerprint density at radius 1 is 1.43 bits per heavy atom. The minimum atomic E-state index is -1.34. The summed E-state index contributed by atoms with van der Waals surface area (Å²) in [6, 6.07) is -0.208. The predicted octanol–water partition coefficient (Wildman–Crippen LogP) is 1.83. The molecule has 1 aliphatic carbocycles. The van der Waals surface area contributed by atoms with E-state index in [4.69, 9.17) is 9.47 Å². The summed E-state index contributed by atoms with van der Waals surface area (Å²) in [5, 5.41) is 12.9. The Labute approximate surface area is 169 Å². The number of halogens is 2. The van der Waals surface area contributed by atoms with Crippen LogP contribution in [0.5, 0.6) is 0 Å². The molecule has 2 fully saturated rings. The lowest BCUT2D eigenvalue weighted by Gasteiger charge is -2.35. The molecule has 2 saturated heterocycles. The largest absolute Gasteiger partial charge is 0.368 e. The van der Waals surface area contributed by atoms with Crippen LogP contribution >= 0.6 is 11.8 Å². The van der Waals surface area contributed by atoms with Crippen molar-refractivity contribution in [2.45, 2.75) is 44.4 Å². The lowest BCUT2D eigenvalue weighted by Crippen LogP contribution is -2.43. The van der Waals surface area contributed by atoms with Crippen molar-refractivity contribution >= 4 is 11.8 Å². The summed E-state index contributed by atoms with van der Waals surface area (Å²) in [5.41, 5.74) is 0.151. The maximum atomic E-state index is 14.8. The number of nitrogens with one attached hydrogen (secondary N) is 1. The number of aliphatic hydroxyl groups excluding tert-OH is 1. The van der Waals surface area contributed by atoms with Gasteiger partial charge in [0.1, 0.15) is 24.3 Å². The number of nitrogens with zero attached hydrogens (tertiary/aromatic N) is 2. The molecule has 0 aromatic heterocycles. The highest BCUT2D eigenvalue weighted by Crippen LogP contribution is 2.35. The average Bonchev–Trinajstić information content (AvgIpc) is 3.08. The Hall–Kier alpha value is -0.870. The van der Waals surface area contributed by atoms with Crippen LogP contribution < -0.4 is 5.32 Å². The van der Waals surface area contributed by atoms with Crippen LogP contribution in [0.3, 0.4) is 0 Å². The molecule has 28 heavy (non-hydrogen) atoms. The van der Waals surface area contributed by atoms with Crippen LogP contribution in [0, 0.1) is 0 Å². The van der Waals surface area contributed by atoms with Crippen LogP contribution in [0.1, 0.15) is 20.3 Å². The SMILES string of the molecule is CN[C@H](C)C(O)OCC1(C)CN(C2=CC(F)=C(N3CCSCC3)C(F)C2)CO1. The molecule has 0 spiro atoms. The van der Waals surface area contributed by atoms with Crippen molar-refractivity contribution < 1.29 is 23.4 Å². The highest BCUT2D eigenvalue weighted by Gasteiger charge is 2.39. The van der Waals surface area contributed by atoms with E-state index in [0.717, 1.165) is 11.5 Å². The van der Waals surface area contributed by atoms with Gasteiger partial charge in [0.25, 0.3) is 0 Å². The van der Waals surface area contributed by atoms with E-state index in [1.54, 1.807) is 7.05 Å². The van der Waals surface area contributed by atoms with E-state index in [1.807, 2.05) is 35.4 Å². The zero-order chi connectivity index (χ0) is 20.3. The Kier molecular flexibility index (Phi) is 7.25. The van der Waals surface area contributed by atoms with Gasteiger partial charge >= 0.3 is 0 Å². The van der Waals surface area contributed by atoms with E-state index < -0.39 is 23.9 Å². The fraction of sp³-hybridized carbons (Fsp3) is 0.789. The number of rotatable bonds is 7. The maximum Gasteiger partial charge on any atom is 0.169 e. The van der Waals surface area contributed by atoms with Crippen molar-refractivity contribution in [1.82, 2.24) is 15.1 Å². The van der Waals surface area contributed by atoms with Crippen molar-refractivity contribution in [3.63, 3.8) is 0 Å². The molecule has 0 bridgehead atoms. The van der Waals surface area contributed by atoms with Gasteiger partial charge in [0.2, 0.25) is 0 Å². The third kappa shape index (κ3) is 4.99. The summed E-state index contributed by atoms with van der Waals surface area (Å²) >= 11 is 1.81. The lowest BCUT2D eigenvalue weighted by molar-refractivity contribution is -0.155. The minimum Gasteiger partial charge on any atom is -0.368 e. The van der Waals surface area contributed by atoms with Gasteiger partial charge in [-0.25, -0.2) is 8.78 Å². The van der Waals surface area contributed by atoms with Crippen LogP contribution in [0.4, 0.5) is 8.78 Å². The van der Waals surface area contributed by atoms with Gasteiger partial charge in [-0.1, -0.05) is 0 Å². The van der Waals surface area contributed by atoms with Gasteiger partial charge in [-0.05, 0) is 27.0 Å². The number of allylic oxidation sites excluding steroid dienone is 4. The highest BCUT2D eigenvalue weighted by molar-refractivity contribution is 7.99. The summed E-state index contributed by atoms with van der Waals surface area (Å²) < 4.78 is 40.9. The summed E-state index contributed by atoms with van der Waals surface area (Å²) in [6.07, 6.45) is -0.702. The molecule has 0 amide bonds. The van der Waals surface area contributed by atoms with Gasteiger partial charge in [0.05, 0.1) is 24.9 Å². The van der Waals surface area contributed by atoms with Crippen LogP contribution in [0.25, 0.3) is 0 Å². The van der Waals surface area contributed by atoms with E-state index in [2.05, 4.69) is 5.32 Å². The quantitative estimate of drug-likeness (QED) is 0.611. The monoisotopic (exact) mass is 419 g/mol. The van der Waals surface area contributed by atoms with Gasteiger partial charge < -0.3 is 29.7 Å². The first-order valence-corrected chi connectivity index (χ1v) is 10.9. The second kappa shape index (κ2) is 9.30. The molecule has 0 radical (unpaired) electrons. The van der Waals surface area contributed by atoms with Gasteiger partial charge in [0.15, 0.2) is 6.29 Å². The number of thioether (sulfide) groups is 1. The van der Waals surface area contributed by atoms with Crippen LogP contribution in [0.15, 0.2) is 23.3 Å². The molecule has 160 valence electrons. The third-order valence-corrected chi connectivity index (χ3v) is 6.46. The Balaban J connectivity index is 1.62. The van der Waals surface area contributed by atoms with Gasteiger partial charge in [-0.2, -0.15) is 11.8 Å². The van der Waals surface area contributed by atoms with Gasteiger partial charge in [-0.15, -0.1) is 0 Å². The molecule has 3 aliphatic rings. The first-order valence-electron chi connectivity index (χ1n) is 9.76. The third-order valence-electron chi connectivity index (χ3n) is 5.52. The van der Waals surface area contributed by atoms with E-state index in [1.165, 1.54) is 6.08 Å². The predicted molar refractivity (Wildman–Crippen MR) is 106 cm³/mol. The fourth-order valence-corrected chi connectivity index (χ4v) is 4.54. The van der Waals surface area contributed by atoms with E-state index in [0.29, 0.717) is 25.3 Å². The number of alkyl halides is 1. The molecule has 0 aromatic rings. The zero-order valence-electron chi connectivity index (χ0n) is 16.8. The van der Waals surface area contributed by atoms with Crippen molar-refractivity contribution in [2.24, 2.45) is 0 Å². The molecule has 2 N–H and O–H groups in total. The van der Waals surface area contributed by atoms with Crippen LogP contribution in [-0.2, 0) is 9.47 Å². The normalized spacial score (nSPS) is 31.2. The summed E-state index contributed by atoms with van der Waals surface area (Å²) in [4.78, 5) is 3.69. The lowest BCUT2D eigenvalue weighted by atomic mass is 10.0. The molecule has 9 heteroatoms. The Morgan fingerprint density at radius 2 is 2.14 bits per heavy atom. The second-order valence-electron chi connectivity index (χ2n) is 7.84. The van der Waals surface area contributed by atoms with E-state index >= 15 is 0 Å². The van der Waals surface area contributed by atoms with Crippen molar-refractivity contribution in [2.75, 3.05) is 51.5 Å². The smallest absolute Gasteiger partial charge is 0.169 e. The van der Waals surface area contributed by atoms with Gasteiger partial charge in [-0.3, -0.25) is 0 Å². The maximum absolute atomic E-state index is 14.8. The Morgan fingerprint density at radius 3 is 2.79 bits per heavy atom. The number of ether oxygens (including phenoxy) is 2. The zero-order valence-corrected chi connectivity index (χ0v) is 17.6. The number of aliphatic hydroxyl groups is 1. The van der Waals surface area contributed by atoms with E-state index in [9.17, 15) is 13.9 Å². The van der Waals surface area contributed by atoms with Crippen LogP contribution in [0.2, 0.25) is 0 Å². The molecule has 4 atom stereocenters. The summed E-state index contributed by atoms with van der Waals surface area (Å²) in [7, 11) is 1.74. The van der Waals surface area contributed by atoms with Crippen molar-refractivity contribution in [1.29, 1.82) is 0 Å². The molecule has 0 aromatic carbocycles. The molecule has 0 saturated carbocycles. The first-order chi connectivity index (χ1) is 13.3. The summed E-state index contributed by atoms with van der Waals surface area (Å²) in [6.45, 7) is 5.96. The second-order valence-corrected chi connectivity index (χ2v) is 9.06. The van der Waals surface area contributed by atoms with E-state index in [-0.39, 0.29) is 31.5 Å². The molecule has 2 aliphatic heterocycles. The van der Waals surface area contributed by atoms with Gasteiger partial charge in [0, 0.05) is 36.7 Å². The molecule has 6 nitrogen and oxygen atoms in total. The number of likely N-dealkylation sites (N-methyl/N-ethyl adjacent to an activating group) is 1. The molecule has 2 heterocycles. The van der Waals surface area contributed by atoms with Crippen LogP contribution in [-0.4, -0.2) is 90.5 Å². The molecule has 3 rings (SSSR count). The highest BCUT2D eigenvalue weighted by atomic mass is 32.2. The van der Waals surface area contributed by atoms with Crippen molar-refractivity contribution in [3.8, 4) is 0 Å². The fourth-order valence-electron chi connectivity index (χ4n) is 3.63. The minimum absolute atomic E-state index is 0.145. The molecular formula is C19H31F2N3O3S. The van der Waals surface area contributed by atoms with Crippen molar-refractivity contribution in [3.05, 3.63) is 23.3 Å². The number of hydrogen-bond donors (Lipinski definition) is 2. The topological polar surface area (TPSA) is 57.2 Å². The average molecular weight is 420 g/mol. The Bertz CT molecular complexity index is 615.